The van der Waals surface area contributed by atoms with Crippen LogP contribution in [-0.4, -0.2) is 64.4 Å². The van der Waals surface area contributed by atoms with Crippen LogP contribution >= 0.6 is 0 Å². The number of benzene rings is 2. The SMILES string of the molecule is CC(C)(C)c1ccc(NC(=O)CCN)c(-c2ccc(-c3cc(C(C)(C)C)ccc3NC(=O)CCN)nc2)c1.O=C(O)C(F)(F)F.O=C(O)C(F)(F)F. The van der Waals surface area contributed by atoms with E-state index >= 15 is 0 Å². The van der Waals surface area contributed by atoms with Gasteiger partial charge >= 0.3 is 24.3 Å². The van der Waals surface area contributed by atoms with E-state index in [4.69, 9.17) is 36.3 Å². The summed E-state index contributed by atoms with van der Waals surface area (Å²) in [7, 11) is 0. The van der Waals surface area contributed by atoms with Crippen LogP contribution in [0.3, 0.4) is 0 Å². The molecule has 0 atom stereocenters. The van der Waals surface area contributed by atoms with Crippen molar-refractivity contribution in [2.75, 3.05) is 23.7 Å². The third-order valence-corrected chi connectivity index (χ3v) is 6.90. The van der Waals surface area contributed by atoms with E-state index in [-0.39, 0.29) is 48.6 Å². The van der Waals surface area contributed by atoms with Gasteiger partial charge in [-0.3, -0.25) is 14.6 Å². The number of nitrogens with zero attached hydrogens (tertiary/aromatic N) is 1. The second-order valence-electron chi connectivity index (χ2n) is 13.2. The Morgan fingerprint density at radius 1 is 0.635 bits per heavy atom. The first-order chi connectivity index (χ1) is 23.7. The van der Waals surface area contributed by atoms with Gasteiger partial charge in [-0.2, -0.15) is 26.3 Å². The third kappa shape index (κ3) is 14.7. The fraction of sp³-hybridized carbons (Fsp3) is 0.400. The first-order valence-electron chi connectivity index (χ1n) is 15.6. The predicted octanol–water partition coefficient (Wildman–Crippen LogP) is 6.85. The maximum atomic E-state index is 12.4. The molecule has 8 N–H and O–H groups in total. The lowest BCUT2D eigenvalue weighted by Gasteiger charge is -2.22. The van der Waals surface area contributed by atoms with Gasteiger partial charge in [0.2, 0.25) is 11.8 Å². The van der Waals surface area contributed by atoms with Crippen LogP contribution in [0.4, 0.5) is 37.7 Å². The molecule has 2 aromatic carbocycles. The number of rotatable bonds is 8. The Morgan fingerprint density at radius 3 is 1.31 bits per heavy atom. The van der Waals surface area contributed by atoms with Crippen LogP contribution in [0, 0.1) is 0 Å². The molecule has 0 aliphatic carbocycles. The number of hydrogen-bond acceptors (Lipinski definition) is 7. The molecule has 2 amide bonds. The Labute approximate surface area is 296 Å². The molecule has 52 heavy (non-hydrogen) atoms. The van der Waals surface area contributed by atoms with Crippen molar-refractivity contribution in [2.45, 2.75) is 77.6 Å². The summed E-state index contributed by atoms with van der Waals surface area (Å²) in [5.41, 5.74) is 18.1. The Hall–Kier alpha value is -5.03. The normalized spacial score (nSPS) is 11.7. The van der Waals surface area contributed by atoms with Crippen LogP contribution < -0.4 is 22.1 Å². The molecular weight excluding hydrogens is 700 g/mol. The molecule has 0 saturated carbocycles. The van der Waals surface area contributed by atoms with E-state index in [1.54, 1.807) is 0 Å². The van der Waals surface area contributed by atoms with Crippen molar-refractivity contribution in [1.82, 2.24) is 4.98 Å². The van der Waals surface area contributed by atoms with Gasteiger partial charge in [0.1, 0.15) is 0 Å². The first kappa shape index (κ1) is 45.0. The van der Waals surface area contributed by atoms with Crippen molar-refractivity contribution < 1.29 is 55.7 Å². The monoisotopic (exact) mass is 743 g/mol. The summed E-state index contributed by atoms with van der Waals surface area (Å²) in [4.78, 5) is 47.3. The van der Waals surface area contributed by atoms with Crippen LogP contribution in [0.15, 0.2) is 54.7 Å². The Kier molecular flexibility index (Phi) is 16.0. The van der Waals surface area contributed by atoms with Gasteiger partial charge in [-0.1, -0.05) is 59.7 Å². The number of carboxylic acids is 2. The molecule has 0 aliphatic rings. The van der Waals surface area contributed by atoms with Crippen LogP contribution in [-0.2, 0) is 30.0 Å². The summed E-state index contributed by atoms with van der Waals surface area (Å²) in [5, 5.41) is 20.2. The van der Waals surface area contributed by atoms with E-state index in [1.165, 1.54) is 0 Å². The van der Waals surface area contributed by atoms with Crippen molar-refractivity contribution in [2.24, 2.45) is 11.5 Å². The largest absolute Gasteiger partial charge is 0.490 e. The number of carbonyl (C=O) groups is 4. The summed E-state index contributed by atoms with van der Waals surface area (Å²) in [6.07, 6.45) is -7.86. The molecule has 0 bridgehead atoms. The number of alkyl halides is 6. The van der Waals surface area contributed by atoms with E-state index in [2.05, 4.69) is 64.3 Å². The summed E-state index contributed by atoms with van der Waals surface area (Å²) < 4.78 is 63.5. The zero-order chi connectivity index (χ0) is 40.2. The van der Waals surface area contributed by atoms with Gasteiger partial charge in [0.25, 0.3) is 0 Å². The summed E-state index contributed by atoms with van der Waals surface area (Å²) in [6.45, 7) is 13.5. The maximum absolute atomic E-state index is 12.4. The van der Waals surface area contributed by atoms with Crippen LogP contribution in [0.25, 0.3) is 22.4 Å². The molecule has 1 heterocycles. The van der Waals surface area contributed by atoms with E-state index in [1.807, 2.05) is 42.6 Å². The number of aromatic nitrogens is 1. The predicted molar refractivity (Wildman–Crippen MR) is 184 cm³/mol. The van der Waals surface area contributed by atoms with Crippen molar-refractivity contribution in [3.63, 3.8) is 0 Å². The molecule has 0 radical (unpaired) electrons. The molecule has 0 aliphatic heterocycles. The highest BCUT2D eigenvalue weighted by molar-refractivity contribution is 5.97. The number of nitrogens with one attached hydrogen (secondary N) is 2. The smallest absolute Gasteiger partial charge is 0.475 e. The summed E-state index contributed by atoms with van der Waals surface area (Å²) >= 11 is 0. The highest BCUT2D eigenvalue weighted by Gasteiger charge is 2.39. The standard InChI is InChI=1S/C31H41N5O2.2C2HF3O2/c1-30(2,3)21-8-11-26(35-28(37)13-15-32)23(17-21)20-7-10-25(34-19-20)24-18-22(31(4,5)6)9-12-27(24)36-29(38)14-16-33;2*3-2(4,5)1(6)7/h7-12,17-19H,13-16,32-33H2,1-6H3,(H,35,37)(H,36,38);2*(H,6,7). The van der Waals surface area contributed by atoms with E-state index in [9.17, 15) is 35.9 Å². The fourth-order valence-electron chi connectivity index (χ4n) is 4.09. The average molecular weight is 744 g/mol. The second-order valence-corrected chi connectivity index (χ2v) is 13.2. The van der Waals surface area contributed by atoms with Crippen molar-refractivity contribution >= 4 is 35.1 Å². The highest BCUT2D eigenvalue weighted by atomic mass is 19.4. The fourth-order valence-corrected chi connectivity index (χ4v) is 4.09. The quantitative estimate of drug-likeness (QED) is 0.134. The first-order valence-corrected chi connectivity index (χ1v) is 15.6. The van der Waals surface area contributed by atoms with Gasteiger partial charge in [-0.05, 0) is 52.3 Å². The summed E-state index contributed by atoms with van der Waals surface area (Å²) in [5.74, 6) is -5.77. The van der Waals surface area contributed by atoms with Gasteiger partial charge in [0, 0.05) is 54.5 Å². The molecule has 17 heteroatoms. The van der Waals surface area contributed by atoms with Gasteiger partial charge in [0.05, 0.1) is 11.4 Å². The number of nitrogens with two attached hydrogens (primary N) is 2. The molecule has 3 aromatic rings. The molecule has 0 spiro atoms. The topological polar surface area (TPSA) is 198 Å². The van der Waals surface area contributed by atoms with Gasteiger partial charge < -0.3 is 32.3 Å². The number of halogens is 6. The lowest BCUT2D eigenvalue weighted by molar-refractivity contribution is -0.193. The Bertz CT molecular complexity index is 1570. The van der Waals surface area contributed by atoms with Gasteiger partial charge in [0.15, 0.2) is 0 Å². The lowest BCUT2D eigenvalue weighted by atomic mass is 9.84. The molecule has 3 rings (SSSR count). The average Bonchev–Trinajstić information content (AvgIpc) is 3.00. The van der Waals surface area contributed by atoms with Crippen molar-refractivity contribution in [1.29, 1.82) is 0 Å². The minimum absolute atomic E-state index is 0.0635. The molecule has 1 aromatic heterocycles. The number of carboxylic acid groups (broad SMARTS) is 2. The Balaban J connectivity index is 0.000000812. The van der Waals surface area contributed by atoms with E-state index in [0.29, 0.717) is 5.69 Å². The van der Waals surface area contributed by atoms with Crippen LogP contribution in [0.2, 0.25) is 0 Å². The minimum atomic E-state index is -5.08. The maximum Gasteiger partial charge on any atom is 0.490 e. The Morgan fingerprint density at radius 2 is 1.00 bits per heavy atom. The number of carbonyl (C=O) groups excluding carboxylic acids is 2. The zero-order valence-electron chi connectivity index (χ0n) is 29.4. The molecule has 11 nitrogen and oxygen atoms in total. The number of pyridine rings is 1. The number of aliphatic carboxylic acids is 2. The molecular formula is C35H43F6N5O6. The van der Waals surface area contributed by atoms with Gasteiger partial charge in [-0.15, -0.1) is 0 Å². The number of anilines is 2. The van der Waals surface area contributed by atoms with E-state index in [0.717, 1.165) is 39.2 Å². The highest BCUT2D eigenvalue weighted by Crippen LogP contribution is 2.36. The number of hydrogen-bond donors (Lipinski definition) is 6. The van der Waals surface area contributed by atoms with Crippen LogP contribution in [0.5, 0.6) is 0 Å². The van der Waals surface area contributed by atoms with E-state index < -0.39 is 24.3 Å². The molecule has 0 saturated heterocycles. The minimum Gasteiger partial charge on any atom is -0.475 e. The molecule has 0 fully saturated rings. The number of amides is 2. The summed E-state index contributed by atoms with van der Waals surface area (Å²) in [6, 6.07) is 16.1. The second kappa shape index (κ2) is 18.5. The molecule has 0 unspecified atom stereocenters. The third-order valence-electron chi connectivity index (χ3n) is 6.90. The zero-order valence-corrected chi connectivity index (χ0v) is 29.4. The molecule has 286 valence electrons. The lowest BCUT2D eigenvalue weighted by Crippen LogP contribution is -2.21. The van der Waals surface area contributed by atoms with Crippen LogP contribution in [0.1, 0.15) is 65.5 Å². The van der Waals surface area contributed by atoms with Crippen molar-refractivity contribution in [3.8, 4) is 22.4 Å². The van der Waals surface area contributed by atoms with Gasteiger partial charge in [-0.25, -0.2) is 9.59 Å². The van der Waals surface area contributed by atoms with Crippen molar-refractivity contribution in [3.05, 3.63) is 65.9 Å².